The van der Waals surface area contributed by atoms with Gasteiger partial charge in [0.05, 0.1) is 16.1 Å². The molecule has 2 saturated heterocycles. The topological polar surface area (TPSA) is 54.4 Å². The monoisotopic (exact) mass is 244 g/mol. The number of hydrogen-bond donors (Lipinski definition) is 1. The molecular weight excluding hydrogens is 224 g/mol. The van der Waals surface area contributed by atoms with E-state index in [1.54, 1.807) is 0 Å². The highest BCUT2D eigenvalue weighted by Crippen LogP contribution is 2.47. The van der Waals surface area contributed by atoms with Crippen molar-refractivity contribution in [3.8, 4) is 0 Å². The van der Waals surface area contributed by atoms with Crippen molar-refractivity contribution in [3.05, 3.63) is 0 Å². The van der Waals surface area contributed by atoms with Crippen LogP contribution in [0, 0.1) is 5.92 Å². The minimum Gasteiger partial charge on any atom is -0.390 e. The quantitative estimate of drug-likeness (QED) is 0.803. The zero-order chi connectivity index (χ0) is 11.4. The molecule has 1 saturated carbocycles. The lowest BCUT2D eigenvalue weighted by Crippen LogP contribution is -2.46. The van der Waals surface area contributed by atoms with Crippen LogP contribution in [-0.4, -0.2) is 29.6 Å². The SMILES string of the molecule is O=S1(=O)C2CCC1CC(O)(CC1CCC1)C2. The van der Waals surface area contributed by atoms with E-state index >= 15 is 0 Å². The Morgan fingerprint density at radius 3 is 2.06 bits per heavy atom. The normalized spacial score (nSPS) is 46.6. The van der Waals surface area contributed by atoms with Crippen LogP contribution in [0.3, 0.4) is 0 Å². The fourth-order valence-electron chi connectivity index (χ4n) is 3.74. The molecule has 0 spiro atoms. The van der Waals surface area contributed by atoms with Gasteiger partial charge in [-0.25, -0.2) is 8.42 Å². The maximum Gasteiger partial charge on any atom is 0.156 e. The van der Waals surface area contributed by atoms with Crippen molar-refractivity contribution in [3.63, 3.8) is 0 Å². The molecule has 3 nitrogen and oxygen atoms in total. The Labute approximate surface area is 97.2 Å². The van der Waals surface area contributed by atoms with Crippen LogP contribution in [0.15, 0.2) is 0 Å². The third kappa shape index (κ3) is 1.61. The van der Waals surface area contributed by atoms with Crippen LogP contribution in [0.5, 0.6) is 0 Å². The molecule has 3 fully saturated rings. The number of rotatable bonds is 2. The summed E-state index contributed by atoms with van der Waals surface area (Å²) in [6.45, 7) is 0. The van der Waals surface area contributed by atoms with Gasteiger partial charge >= 0.3 is 0 Å². The maximum atomic E-state index is 11.9. The Morgan fingerprint density at radius 1 is 1.06 bits per heavy atom. The van der Waals surface area contributed by atoms with Crippen LogP contribution in [0.1, 0.15) is 51.4 Å². The molecular formula is C12H20O3S. The minimum absolute atomic E-state index is 0.240. The molecule has 3 rings (SSSR count). The fraction of sp³-hybridized carbons (Fsp3) is 1.00. The summed E-state index contributed by atoms with van der Waals surface area (Å²) in [5, 5.41) is 10.1. The van der Waals surface area contributed by atoms with Gasteiger partial charge in [-0.05, 0) is 38.0 Å². The fourth-order valence-corrected chi connectivity index (χ4v) is 6.30. The molecule has 1 aliphatic carbocycles. The van der Waals surface area contributed by atoms with E-state index in [0.29, 0.717) is 18.8 Å². The molecule has 92 valence electrons. The minimum atomic E-state index is -2.88. The lowest BCUT2D eigenvalue weighted by Gasteiger charge is -2.40. The van der Waals surface area contributed by atoms with Gasteiger partial charge in [0.15, 0.2) is 9.84 Å². The number of sulfone groups is 1. The van der Waals surface area contributed by atoms with Crippen molar-refractivity contribution >= 4 is 9.84 Å². The van der Waals surface area contributed by atoms with Crippen LogP contribution >= 0.6 is 0 Å². The predicted octanol–water partition coefficient (Wildman–Crippen LogP) is 1.65. The Kier molecular flexibility index (Phi) is 2.38. The van der Waals surface area contributed by atoms with Gasteiger partial charge < -0.3 is 5.11 Å². The number of hydrogen-bond acceptors (Lipinski definition) is 3. The largest absolute Gasteiger partial charge is 0.390 e. The maximum absolute atomic E-state index is 11.9. The molecule has 16 heavy (non-hydrogen) atoms. The Balaban J connectivity index is 1.75. The lowest BCUT2D eigenvalue weighted by molar-refractivity contribution is -0.0126. The zero-order valence-corrected chi connectivity index (χ0v) is 10.4. The highest BCUT2D eigenvalue weighted by molar-refractivity contribution is 7.93. The molecule has 0 aromatic heterocycles. The summed E-state index contributed by atoms with van der Waals surface area (Å²) in [6.07, 6.45) is 7.14. The lowest BCUT2D eigenvalue weighted by atomic mass is 9.75. The molecule has 0 amide bonds. The van der Waals surface area contributed by atoms with E-state index in [1.165, 1.54) is 19.3 Å². The predicted molar refractivity (Wildman–Crippen MR) is 61.9 cm³/mol. The third-order valence-corrected chi connectivity index (χ3v) is 7.51. The first-order valence-corrected chi connectivity index (χ1v) is 8.06. The molecule has 1 N–H and O–H groups in total. The summed E-state index contributed by atoms with van der Waals surface area (Å²) in [7, 11) is -2.88. The molecule has 3 aliphatic rings. The summed E-state index contributed by atoms with van der Waals surface area (Å²) in [4.78, 5) is 0. The van der Waals surface area contributed by atoms with Crippen molar-refractivity contribution in [2.24, 2.45) is 5.92 Å². The molecule has 2 unspecified atom stereocenters. The molecule has 4 heteroatoms. The average Bonchev–Trinajstić information content (AvgIpc) is 2.37. The van der Waals surface area contributed by atoms with Crippen LogP contribution in [-0.2, 0) is 9.84 Å². The van der Waals surface area contributed by atoms with Gasteiger partial charge in [-0.2, -0.15) is 0 Å². The van der Waals surface area contributed by atoms with Gasteiger partial charge in [-0.15, -0.1) is 0 Å². The van der Waals surface area contributed by atoms with Crippen LogP contribution < -0.4 is 0 Å². The molecule has 0 radical (unpaired) electrons. The van der Waals surface area contributed by atoms with Crippen molar-refractivity contribution in [1.29, 1.82) is 0 Å². The zero-order valence-electron chi connectivity index (χ0n) is 9.56. The molecule has 0 aromatic rings. The van der Waals surface area contributed by atoms with E-state index in [4.69, 9.17) is 0 Å². The highest BCUT2D eigenvalue weighted by atomic mass is 32.2. The van der Waals surface area contributed by atoms with Gasteiger partial charge in [0.25, 0.3) is 0 Å². The Morgan fingerprint density at radius 2 is 1.62 bits per heavy atom. The van der Waals surface area contributed by atoms with Crippen molar-refractivity contribution in [1.82, 2.24) is 0 Å². The van der Waals surface area contributed by atoms with Gasteiger partial charge in [0, 0.05) is 0 Å². The standard InChI is InChI=1S/C12H20O3S/c13-12(6-9-2-1-3-9)7-10-4-5-11(8-12)16(10,14)15/h9-11,13H,1-8H2. The van der Waals surface area contributed by atoms with E-state index in [-0.39, 0.29) is 10.5 Å². The van der Waals surface area contributed by atoms with Crippen LogP contribution in [0.4, 0.5) is 0 Å². The molecule has 2 heterocycles. The van der Waals surface area contributed by atoms with E-state index < -0.39 is 15.4 Å². The first-order chi connectivity index (χ1) is 7.50. The van der Waals surface area contributed by atoms with Gasteiger partial charge in [-0.1, -0.05) is 19.3 Å². The van der Waals surface area contributed by atoms with Gasteiger partial charge in [-0.3, -0.25) is 0 Å². The third-order valence-electron chi connectivity index (χ3n) is 4.85. The summed E-state index contributed by atoms with van der Waals surface area (Å²) >= 11 is 0. The van der Waals surface area contributed by atoms with Gasteiger partial charge in [0.1, 0.15) is 0 Å². The van der Waals surface area contributed by atoms with E-state index in [9.17, 15) is 13.5 Å². The summed E-state index contributed by atoms with van der Waals surface area (Å²) in [5.74, 6) is 0.658. The second-order valence-corrected chi connectivity index (χ2v) is 8.56. The summed E-state index contributed by atoms with van der Waals surface area (Å²) in [6, 6.07) is 0. The first kappa shape index (κ1) is 11.0. The molecule has 2 bridgehead atoms. The summed E-state index contributed by atoms with van der Waals surface area (Å²) < 4.78 is 23.8. The Bertz CT molecular complexity index is 363. The summed E-state index contributed by atoms with van der Waals surface area (Å²) in [5.41, 5.74) is -0.664. The second kappa shape index (κ2) is 3.45. The number of aliphatic hydroxyl groups is 1. The first-order valence-electron chi connectivity index (χ1n) is 6.45. The van der Waals surface area contributed by atoms with Crippen LogP contribution in [0.2, 0.25) is 0 Å². The molecule has 0 aromatic carbocycles. The van der Waals surface area contributed by atoms with Crippen molar-refractivity contribution in [2.75, 3.05) is 0 Å². The molecule has 2 aliphatic heterocycles. The average molecular weight is 244 g/mol. The van der Waals surface area contributed by atoms with Crippen molar-refractivity contribution < 1.29 is 13.5 Å². The smallest absolute Gasteiger partial charge is 0.156 e. The second-order valence-electron chi connectivity index (χ2n) is 6.04. The molecule has 2 atom stereocenters. The van der Waals surface area contributed by atoms with Gasteiger partial charge in [0.2, 0.25) is 0 Å². The Hall–Kier alpha value is -0.0900. The van der Waals surface area contributed by atoms with E-state index in [1.807, 2.05) is 0 Å². The van der Waals surface area contributed by atoms with Crippen LogP contribution in [0.25, 0.3) is 0 Å². The number of fused-ring (bicyclic) bond motifs is 2. The van der Waals surface area contributed by atoms with Crippen molar-refractivity contribution in [2.45, 2.75) is 67.5 Å². The highest BCUT2D eigenvalue weighted by Gasteiger charge is 2.53. The van der Waals surface area contributed by atoms with E-state index in [2.05, 4.69) is 0 Å². The van der Waals surface area contributed by atoms with E-state index in [0.717, 1.165) is 19.3 Å².